The minimum absolute atomic E-state index is 0. The van der Waals surface area contributed by atoms with Gasteiger partial charge in [0.1, 0.15) is 23.0 Å². The molecule has 4 heteroatoms. The lowest BCUT2D eigenvalue weighted by Crippen LogP contribution is -2.19. The summed E-state index contributed by atoms with van der Waals surface area (Å²) < 4.78 is 26.0. The molecule has 0 amide bonds. The molecule has 0 radical (unpaired) electrons. The highest BCUT2D eigenvalue weighted by atomic mass is 16.5. The van der Waals surface area contributed by atoms with Gasteiger partial charge in [0.25, 0.3) is 0 Å². The fraction of sp³-hybridized carbons (Fsp3) is 0.667. The van der Waals surface area contributed by atoms with Crippen LogP contribution in [0.2, 0.25) is 0 Å². The number of benzene rings is 4. The first-order valence-corrected chi connectivity index (χ1v) is 30.8. The van der Waals surface area contributed by atoms with Gasteiger partial charge in [-0.05, 0) is 184 Å². The number of aryl methyl sites for hydroxylation is 4. The lowest BCUT2D eigenvalue weighted by Gasteiger charge is -2.27. The average Bonchev–Trinajstić information content (AvgIpc) is 3.61. The fourth-order valence-corrected chi connectivity index (χ4v) is 10.9. The van der Waals surface area contributed by atoms with E-state index in [9.17, 15) is 0 Å². The number of hydrogen-bond donors (Lipinski definition) is 0. The standard InChI is InChI=1S/2C26H32O2.8C2H6.4CH4/c2*1-2-7-18-16-27-23-14-12-19-8-3-5-10-21(19)25(23)26-22-11-6-4-9-20(22)13-15-24(26)28-17-18;8*1-2;;;;/h2*12-15,18H,2-11,16-17H2,1H3;8*1-2H3;4*1H4. The number of fused-ring (bicyclic) bond motifs is 14. The van der Waals surface area contributed by atoms with Crippen molar-refractivity contribution in [3.8, 4) is 45.3 Å². The smallest absolute Gasteiger partial charge is 0.127 e. The predicted molar refractivity (Wildman–Crippen MR) is 347 cm³/mol. The predicted octanol–water partition coefficient (Wildman–Crippen LogP) is 23.4. The molecule has 0 atom stereocenters. The van der Waals surface area contributed by atoms with E-state index >= 15 is 0 Å². The van der Waals surface area contributed by atoms with Crippen molar-refractivity contribution >= 4 is 0 Å². The van der Waals surface area contributed by atoms with Crippen molar-refractivity contribution in [3.63, 3.8) is 0 Å². The van der Waals surface area contributed by atoms with Crippen molar-refractivity contribution in [2.45, 2.75) is 283 Å². The van der Waals surface area contributed by atoms with E-state index in [1.807, 2.05) is 111 Å². The monoisotopic (exact) mass is 1060 g/mol. The largest absolute Gasteiger partial charge is 0.493 e. The number of rotatable bonds is 4. The van der Waals surface area contributed by atoms with E-state index in [0.29, 0.717) is 11.8 Å². The third-order valence-electron chi connectivity index (χ3n) is 13.8. The van der Waals surface area contributed by atoms with Crippen LogP contribution >= 0.6 is 0 Å². The molecular formula is C72H128O4. The summed E-state index contributed by atoms with van der Waals surface area (Å²) in [5.74, 6) is 5.27. The first-order valence-electron chi connectivity index (χ1n) is 30.8. The van der Waals surface area contributed by atoms with Gasteiger partial charge in [-0.15, -0.1) is 0 Å². The second-order valence-corrected chi connectivity index (χ2v) is 17.7. The summed E-state index contributed by atoms with van der Waals surface area (Å²) in [6.07, 6.45) is 24.5. The average molecular weight is 1060 g/mol. The van der Waals surface area contributed by atoms with Crippen LogP contribution in [0.4, 0.5) is 0 Å². The van der Waals surface area contributed by atoms with Crippen LogP contribution in [0.25, 0.3) is 22.3 Å². The van der Waals surface area contributed by atoms with E-state index in [4.69, 9.17) is 18.9 Å². The van der Waals surface area contributed by atoms with Gasteiger partial charge in [0.15, 0.2) is 0 Å². The highest BCUT2D eigenvalue weighted by Gasteiger charge is 2.30. The van der Waals surface area contributed by atoms with Crippen molar-refractivity contribution in [2.24, 2.45) is 11.8 Å². The molecule has 0 saturated heterocycles. The SMILES string of the molecule is C.C.C.C.CC.CC.CC.CC.CC.CC.CC.CC.CCCC1COc2ccc3c(c2-c2c(ccc4c2CCCC4)OC1)CCCC3.CCCC1COc2ccc3c(c2-c2c(ccc4c2CCCC4)OC1)CCCC3. The molecule has 0 unspecified atom stereocenters. The summed E-state index contributed by atoms with van der Waals surface area (Å²) in [6.45, 7) is 39.5. The molecule has 6 aliphatic rings. The lowest BCUT2D eigenvalue weighted by atomic mass is 9.80. The summed E-state index contributed by atoms with van der Waals surface area (Å²) in [4.78, 5) is 0. The molecule has 0 spiro atoms. The van der Waals surface area contributed by atoms with Crippen LogP contribution < -0.4 is 18.9 Å². The Morgan fingerprint density at radius 1 is 0.289 bits per heavy atom. The van der Waals surface area contributed by atoms with Gasteiger partial charge in [-0.2, -0.15) is 0 Å². The number of hydrogen-bond acceptors (Lipinski definition) is 4. The molecule has 0 N–H and O–H groups in total. The molecule has 0 aromatic heterocycles. The molecule has 4 aliphatic carbocycles. The maximum atomic E-state index is 6.51. The zero-order valence-corrected chi connectivity index (χ0v) is 50.4. The van der Waals surface area contributed by atoms with Gasteiger partial charge in [-0.1, -0.05) is 191 Å². The van der Waals surface area contributed by atoms with E-state index in [1.54, 1.807) is 0 Å². The summed E-state index contributed by atoms with van der Waals surface area (Å²) in [7, 11) is 0. The van der Waals surface area contributed by atoms with E-state index in [-0.39, 0.29) is 29.7 Å². The molecule has 2 heterocycles. The molecule has 4 aromatic rings. The molecular weight excluding hydrogens is 929 g/mol. The van der Waals surface area contributed by atoms with Crippen LogP contribution in [0, 0.1) is 11.8 Å². The highest BCUT2D eigenvalue weighted by Crippen LogP contribution is 2.49. The Bertz CT molecular complexity index is 1740. The molecule has 2 aliphatic heterocycles. The van der Waals surface area contributed by atoms with E-state index < -0.39 is 0 Å². The lowest BCUT2D eigenvalue weighted by molar-refractivity contribution is 0.172. The van der Waals surface area contributed by atoms with Gasteiger partial charge in [0.05, 0.1) is 26.4 Å². The maximum Gasteiger partial charge on any atom is 0.127 e. The molecule has 4 aromatic carbocycles. The Labute approximate surface area is 476 Å². The van der Waals surface area contributed by atoms with E-state index in [2.05, 4.69) is 62.4 Å². The van der Waals surface area contributed by atoms with Crippen LogP contribution in [0.5, 0.6) is 23.0 Å². The first-order chi connectivity index (χ1) is 35.7. The Kier molecular flexibility index (Phi) is 48.7. The van der Waals surface area contributed by atoms with Gasteiger partial charge < -0.3 is 18.9 Å². The molecule has 4 nitrogen and oxygen atoms in total. The highest BCUT2D eigenvalue weighted by molar-refractivity contribution is 5.85. The molecule has 440 valence electrons. The summed E-state index contributed by atoms with van der Waals surface area (Å²) in [6, 6.07) is 18.3. The second kappa shape index (κ2) is 47.1. The Hall–Kier alpha value is -3.92. The van der Waals surface area contributed by atoms with Gasteiger partial charge >= 0.3 is 0 Å². The van der Waals surface area contributed by atoms with Gasteiger partial charge in [0.2, 0.25) is 0 Å². The van der Waals surface area contributed by atoms with Crippen LogP contribution in [0.3, 0.4) is 0 Å². The Balaban J connectivity index is -0.000000519. The molecule has 0 saturated carbocycles. The Morgan fingerprint density at radius 3 is 0.658 bits per heavy atom. The Morgan fingerprint density at radius 2 is 0.474 bits per heavy atom. The quantitative estimate of drug-likeness (QED) is 0.204. The third kappa shape index (κ3) is 21.0. The molecule has 0 fully saturated rings. The van der Waals surface area contributed by atoms with E-state index in [0.717, 1.165) is 62.3 Å². The fourth-order valence-electron chi connectivity index (χ4n) is 10.9. The van der Waals surface area contributed by atoms with Gasteiger partial charge in [-0.25, -0.2) is 0 Å². The maximum absolute atomic E-state index is 6.51. The van der Waals surface area contributed by atoms with Crippen molar-refractivity contribution in [3.05, 3.63) is 93.0 Å². The third-order valence-corrected chi connectivity index (χ3v) is 13.8. The summed E-state index contributed by atoms with van der Waals surface area (Å²) in [5, 5.41) is 0. The molecule has 76 heavy (non-hydrogen) atoms. The zero-order chi connectivity index (χ0) is 53.8. The van der Waals surface area contributed by atoms with Crippen LogP contribution in [-0.4, -0.2) is 26.4 Å². The van der Waals surface area contributed by atoms with Gasteiger partial charge in [0, 0.05) is 34.1 Å². The van der Waals surface area contributed by atoms with Crippen molar-refractivity contribution in [1.82, 2.24) is 0 Å². The zero-order valence-electron chi connectivity index (χ0n) is 50.4. The minimum Gasteiger partial charge on any atom is -0.493 e. The van der Waals surface area contributed by atoms with Crippen LogP contribution in [0.15, 0.2) is 48.5 Å². The second-order valence-electron chi connectivity index (χ2n) is 17.7. The normalized spacial score (nSPS) is 14.6. The summed E-state index contributed by atoms with van der Waals surface area (Å²) in [5.41, 5.74) is 17.7. The minimum atomic E-state index is 0. The van der Waals surface area contributed by atoms with Crippen LogP contribution in [-0.2, 0) is 51.4 Å². The van der Waals surface area contributed by atoms with Crippen molar-refractivity contribution in [2.75, 3.05) is 26.4 Å². The summed E-state index contributed by atoms with van der Waals surface area (Å²) >= 11 is 0. The van der Waals surface area contributed by atoms with Crippen LogP contribution in [0.1, 0.15) is 276 Å². The molecule has 10 rings (SSSR count). The van der Waals surface area contributed by atoms with Crippen molar-refractivity contribution in [1.29, 1.82) is 0 Å². The van der Waals surface area contributed by atoms with Gasteiger partial charge in [-0.3, -0.25) is 0 Å². The first kappa shape index (κ1) is 78.6. The van der Waals surface area contributed by atoms with E-state index in [1.165, 1.54) is 182 Å². The molecule has 0 bridgehead atoms. The van der Waals surface area contributed by atoms with Crippen molar-refractivity contribution < 1.29 is 18.9 Å². The number of ether oxygens (including phenoxy) is 4. The topological polar surface area (TPSA) is 36.9 Å².